The standard InChI is InChI=1S/C22H12Cl2N4O5/c23-12-2-4-19-11(5-12)6-16(22(32)33-19)18(29)10-27-8-14(25-26-27)9-28-17-3-1-13(24)7-15(17)20(30)21(28)31/h1-8H,9-10H2. The number of carbonyl (C=O) groups excluding carboxylic acids is 3. The van der Waals surface area contributed by atoms with Gasteiger partial charge in [-0.25, -0.2) is 9.48 Å². The van der Waals surface area contributed by atoms with Crippen LogP contribution in [0.25, 0.3) is 11.0 Å². The van der Waals surface area contributed by atoms with Crippen molar-refractivity contribution < 1.29 is 18.8 Å². The van der Waals surface area contributed by atoms with Crippen molar-refractivity contribution in [3.63, 3.8) is 0 Å². The lowest BCUT2D eigenvalue weighted by Gasteiger charge is -2.14. The Bertz CT molecular complexity index is 1540. The third-order valence-corrected chi connectivity index (χ3v) is 5.61. The number of hydrogen-bond donors (Lipinski definition) is 0. The first kappa shape index (κ1) is 21.0. The molecule has 0 radical (unpaired) electrons. The Morgan fingerprint density at radius 2 is 1.76 bits per heavy atom. The summed E-state index contributed by atoms with van der Waals surface area (Å²) in [5.41, 5.74) is 0.393. The molecule has 0 saturated carbocycles. The Balaban J connectivity index is 1.36. The van der Waals surface area contributed by atoms with Gasteiger partial charge in [-0.2, -0.15) is 0 Å². The van der Waals surface area contributed by atoms with Gasteiger partial charge in [-0.05, 0) is 42.5 Å². The van der Waals surface area contributed by atoms with Crippen LogP contribution in [0.1, 0.15) is 26.4 Å². The van der Waals surface area contributed by atoms with Crippen molar-refractivity contribution in [2.45, 2.75) is 13.1 Å². The van der Waals surface area contributed by atoms with Crippen LogP contribution in [-0.4, -0.2) is 32.5 Å². The minimum absolute atomic E-state index is 0.0238. The lowest BCUT2D eigenvalue weighted by molar-refractivity contribution is -0.114. The highest BCUT2D eigenvalue weighted by atomic mass is 35.5. The first-order valence-corrected chi connectivity index (χ1v) is 10.4. The second kappa shape index (κ2) is 7.95. The number of Topliss-reactive ketones (excluding diaryl/α,β-unsaturated/α-hetero) is 2. The molecular weight excluding hydrogens is 471 g/mol. The first-order valence-electron chi connectivity index (χ1n) is 9.61. The molecule has 11 heteroatoms. The lowest BCUT2D eigenvalue weighted by Crippen LogP contribution is -2.29. The summed E-state index contributed by atoms with van der Waals surface area (Å²) in [6.45, 7) is -0.299. The Morgan fingerprint density at radius 3 is 2.58 bits per heavy atom. The number of amides is 1. The molecule has 0 N–H and O–H groups in total. The van der Waals surface area contributed by atoms with E-state index in [4.69, 9.17) is 27.6 Å². The number of aromatic nitrogens is 3. The van der Waals surface area contributed by atoms with E-state index in [1.54, 1.807) is 30.3 Å². The molecule has 4 aromatic rings. The molecule has 2 aromatic heterocycles. The molecule has 1 amide bonds. The van der Waals surface area contributed by atoms with Gasteiger partial charge in [0.05, 0.1) is 24.0 Å². The van der Waals surface area contributed by atoms with Crippen molar-refractivity contribution in [1.82, 2.24) is 15.0 Å². The van der Waals surface area contributed by atoms with Gasteiger partial charge in [-0.15, -0.1) is 5.10 Å². The number of carbonyl (C=O) groups is 3. The van der Waals surface area contributed by atoms with Crippen molar-refractivity contribution in [2.24, 2.45) is 0 Å². The second-order valence-electron chi connectivity index (χ2n) is 7.34. The van der Waals surface area contributed by atoms with E-state index in [1.165, 1.54) is 27.9 Å². The van der Waals surface area contributed by atoms with Crippen LogP contribution in [0.5, 0.6) is 0 Å². The quantitative estimate of drug-likeness (QED) is 0.243. The van der Waals surface area contributed by atoms with E-state index in [1.807, 2.05) is 0 Å². The normalized spacial score (nSPS) is 13.1. The van der Waals surface area contributed by atoms with Crippen molar-refractivity contribution in [2.75, 3.05) is 4.90 Å². The number of halogens is 2. The van der Waals surface area contributed by atoms with E-state index < -0.39 is 23.1 Å². The fraction of sp³-hybridized carbons (Fsp3) is 0.0909. The van der Waals surface area contributed by atoms with Crippen LogP contribution < -0.4 is 10.5 Å². The van der Waals surface area contributed by atoms with E-state index in [2.05, 4.69) is 10.3 Å². The molecule has 0 unspecified atom stereocenters. The highest BCUT2D eigenvalue weighted by molar-refractivity contribution is 6.52. The van der Waals surface area contributed by atoms with Gasteiger partial charge < -0.3 is 4.42 Å². The molecule has 2 aromatic carbocycles. The topological polar surface area (TPSA) is 115 Å². The Kier molecular flexibility index (Phi) is 5.07. The predicted molar refractivity (Wildman–Crippen MR) is 119 cm³/mol. The van der Waals surface area contributed by atoms with Gasteiger partial charge in [0.25, 0.3) is 11.7 Å². The van der Waals surface area contributed by atoms with E-state index in [0.29, 0.717) is 32.4 Å². The molecule has 5 rings (SSSR count). The van der Waals surface area contributed by atoms with E-state index in [0.717, 1.165) is 0 Å². The molecule has 0 spiro atoms. The van der Waals surface area contributed by atoms with Crippen LogP contribution in [0.2, 0.25) is 10.0 Å². The van der Waals surface area contributed by atoms with Crippen LogP contribution in [0.15, 0.2) is 57.9 Å². The fourth-order valence-electron chi connectivity index (χ4n) is 3.60. The van der Waals surface area contributed by atoms with Gasteiger partial charge in [0.2, 0.25) is 0 Å². The van der Waals surface area contributed by atoms with Crippen LogP contribution >= 0.6 is 23.2 Å². The van der Waals surface area contributed by atoms with Crippen molar-refractivity contribution in [3.05, 3.63) is 85.9 Å². The molecular formula is C22H12Cl2N4O5. The molecule has 0 saturated heterocycles. The third-order valence-electron chi connectivity index (χ3n) is 5.14. The fourth-order valence-corrected chi connectivity index (χ4v) is 3.95. The van der Waals surface area contributed by atoms with E-state index in [-0.39, 0.29) is 24.2 Å². The largest absolute Gasteiger partial charge is 0.422 e. The molecule has 33 heavy (non-hydrogen) atoms. The number of nitrogens with zero attached hydrogens (tertiary/aromatic N) is 4. The zero-order chi connectivity index (χ0) is 23.3. The molecule has 1 aliphatic heterocycles. The number of anilines is 1. The van der Waals surface area contributed by atoms with E-state index >= 15 is 0 Å². The monoisotopic (exact) mass is 482 g/mol. The zero-order valence-electron chi connectivity index (χ0n) is 16.6. The Morgan fingerprint density at radius 1 is 1.00 bits per heavy atom. The maximum Gasteiger partial charge on any atom is 0.347 e. The summed E-state index contributed by atoms with van der Waals surface area (Å²) in [7, 11) is 0. The van der Waals surface area contributed by atoms with Crippen LogP contribution in [0, 0.1) is 0 Å². The van der Waals surface area contributed by atoms with Crippen molar-refractivity contribution in [3.8, 4) is 0 Å². The summed E-state index contributed by atoms with van der Waals surface area (Å²) < 4.78 is 6.44. The van der Waals surface area contributed by atoms with E-state index in [9.17, 15) is 19.2 Å². The number of benzene rings is 2. The average molecular weight is 483 g/mol. The molecule has 0 atom stereocenters. The van der Waals surface area contributed by atoms with Gasteiger partial charge in [-0.3, -0.25) is 19.3 Å². The summed E-state index contributed by atoms with van der Waals surface area (Å²) in [4.78, 5) is 50.8. The maximum absolute atomic E-state index is 12.7. The molecule has 3 heterocycles. The first-order chi connectivity index (χ1) is 15.8. The summed E-state index contributed by atoms with van der Waals surface area (Å²) in [6, 6.07) is 10.7. The number of rotatable bonds is 5. The lowest BCUT2D eigenvalue weighted by atomic mass is 10.1. The van der Waals surface area contributed by atoms with Crippen LogP contribution in [0.4, 0.5) is 5.69 Å². The zero-order valence-corrected chi connectivity index (χ0v) is 18.1. The van der Waals surface area contributed by atoms with Gasteiger partial charge in [-0.1, -0.05) is 28.4 Å². The summed E-state index contributed by atoms with van der Waals surface area (Å²) in [5.74, 6) is -1.89. The summed E-state index contributed by atoms with van der Waals surface area (Å²) in [5, 5.41) is 9.17. The maximum atomic E-state index is 12.7. The number of hydrogen-bond acceptors (Lipinski definition) is 7. The van der Waals surface area contributed by atoms with Crippen molar-refractivity contribution >= 4 is 57.3 Å². The van der Waals surface area contributed by atoms with Crippen molar-refractivity contribution in [1.29, 1.82) is 0 Å². The molecule has 0 aliphatic carbocycles. The SMILES string of the molecule is O=C1C(=O)N(Cc2cn(CC(=O)c3cc4cc(Cl)ccc4oc3=O)nn2)c2ccc(Cl)cc21. The minimum atomic E-state index is -0.772. The van der Waals surface area contributed by atoms with Gasteiger partial charge >= 0.3 is 5.63 Å². The van der Waals surface area contributed by atoms with Gasteiger partial charge in [0.15, 0.2) is 5.78 Å². The predicted octanol–water partition coefficient (Wildman–Crippen LogP) is 3.30. The average Bonchev–Trinajstić information content (AvgIpc) is 3.31. The van der Waals surface area contributed by atoms with Gasteiger partial charge in [0.1, 0.15) is 23.4 Å². The highest BCUT2D eigenvalue weighted by Crippen LogP contribution is 2.32. The third kappa shape index (κ3) is 3.81. The molecule has 9 nitrogen and oxygen atoms in total. The number of fused-ring (bicyclic) bond motifs is 2. The smallest absolute Gasteiger partial charge is 0.347 e. The van der Waals surface area contributed by atoms with Gasteiger partial charge in [0, 0.05) is 15.4 Å². The Hall–Kier alpha value is -3.82. The minimum Gasteiger partial charge on any atom is -0.422 e. The number of ketones is 2. The second-order valence-corrected chi connectivity index (χ2v) is 8.22. The molecule has 164 valence electrons. The summed E-state index contributed by atoms with van der Waals surface area (Å²) >= 11 is 11.9. The molecule has 0 fully saturated rings. The summed E-state index contributed by atoms with van der Waals surface area (Å²) in [6.07, 6.45) is 1.46. The van der Waals surface area contributed by atoms with Crippen LogP contribution in [0.3, 0.4) is 0 Å². The van der Waals surface area contributed by atoms with Crippen LogP contribution in [-0.2, 0) is 17.9 Å². The highest BCUT2D eigenvalue weighted by Gasteiger charge is 2.36. The molecule has 1 aliphatic rings. The molecule has 0 bridgehead atoms. The Labute approximate surface area is 195 Å².